The van der Waals surface area contributed by atoms with Gasteiger partial charge in [-0.2, -0.15) is 0 Å². The van der Waals surface area contributed by atoms with Crippen molar-refractivity contribution in [2.24, 2.45) is 5.92 Å². The third-order valence-corrected chi connectivity index (χ3v) is 4.17. The number of amides is 2. The third-order valence-electron chi connectivity index (χ3n) is 3.84. The summed E-state index contributed by atoms with van der Waals surface area (Å²) in [5.41, 5.74) is 1.11. The number of carbonyl (C=O) groups excluding carboxylic acids is 2. The smallest absolute Gasteiger partial charge is 0.253 e. The molecule has 6 heteroatoms. The Morgan fingerprint density at radius 1 is 1.00 bits per heavy atom. The SMILES string of the molecule is CC(NC(=O)C(NC(=O)c1ccccc1Cl)C(C)C)c1ccccn1. The summed E-state index contributed by atoms with van der Waals surface area (Å²) in [5, 5.41) is 6.03. The lowest BCUT2D eigenvalue weighted by Crippen LogP contribution is -2.50. The topological polar surface area (TPSA) is 71.1 Å². The van der Waals surface area contributed by atoms with Gasteiger partial charge < -0.3 is 10.6 Å². The fourth-order valence-electron chi connectivity index (χ4n) is 2.41. The highest BCUT2D eigenvalue weighted by Crippen LogP contribution is 2.16. The van der Waals surface area contributed by atoms with E-state index in [1.807, 2.05) is 39.0 Å². The predicted molar refractivity (Wildman–Crippen MR) is 98.3 cm³/mol. The van der Waals surface area contributed by atoms with Gasteiger partial charge >= 0.3 is 0 Å². The molecule has 0 saturated heterocycles. The van der Waals surface area contributed by atoms with Gasteiger partial charge in [-0.05, 0) is 37.1 Å². The highest BCUT2D eigenvalue weighted by molar-refractivity contribution is 6.33. The monoisotopic (exact) mass is 359 g/mol. The molecule has 1 aromatic heterocycles. The number of hydrogen-bond donors (Lipinski definition) is 2. The zero-order valence-corrected chi connectivity index (χ0v) is 15.2. The zero-order chi connectivity index (χ0) is 18.4. The number of rotatable bonds is 6. The van der Waals surface area contributed by atoms with Crippen molar-refractivity contribution in [3.05, 3.63) is 64.9 Å². The summed E-state index contributed by atoms with van der Waals surface area (Å²) in [6.07, 6.45) is 1.68. The van der Waals surface area contributed by atoms with E-state index < -0.39 is 6.04 Å². The van der Waals surface area contributed by atoms with Gasteiger partial charge in [0.1, 0.15) is 6.04 Å². The van der Waals surface area contributed by atoms with Gasteiger partial charge in [-0.25, -0.2) is 0 Å². The molecule has 0 aliphatic rings. The molecule has 5 nitrogen and oxygen atoms in total. The Labute approximate surface area is 152 Å². The summed E-state index contributed by atoms with van der Waals surface area (Å²) in [5.74, 6) is -0.708. The molecule has 0 spiro atoms. The molecule has 2 aromatic rings. The van der Waals surface area contributed by atoms with Gasteiger partial charge in [-0.3, -0.25) is 14.6 Å². The van der Waals surface area contributed by atoms with Gasteiger partial charge in [0.05, 0.1) is 22.3 Å². The lowest BCUT2D eigenvalue weighted by atomic mass is 10.0. The highest BCUT2D eigenvalue weighted by atomic mass is 35.5. The predicted octanol–water partition coefficient (Wildman–Crippen LogP) is 3.37. The Kier molecular flexibility index (Phi) is 6.53. The third kappa shape index (κ3) is 5.03. The van der Waals surface area contributed by atoms with Crippen molar-refractivity contribution in [1.82, 2.24) is 15.6 Å². The number of halogens is 1. The fraction of sp³-hybridized carbons (Fsp3) is 0.316. The molecule has 2 amide bonds. The minimum absolute atomic E-state index is 0.0811. The van der Waals surface area contributed by atoms with Gasteiger partial charge in [-0.1, -0.05) is 43.6 Å². The van der Waals surface area contributed by atoms with Crippen LogP contribution in [0.5, 0.6) is 0 Å². The Balaban J connectivity index is 2.08. The van der Waals surface area contributed by atoms with E-state index in [4.69, 9.17) is 11.6 Å². The van der Waals surface area contributed by atoms with Crippen LogP contribution < -0.4 is 10.6 Å². The number of aromatic nitrogens is 1. The van der Waals surface area contributed by atoms with Crippen LogP contribution in [-0.4, -0.2) is 22.8 Å². The number of nitrogens with zero attached hydrogens (tertiary/aromatic N) is 1. The molecule has 1 heterocycles. The van der Waals surface area contributed by atoms with Crippen LogP contribution in [0, 0.1) is 5.92 Å². The van der Waals surface area contributed by atoms with E-state index in [0.717, 1.165) is 5.69 Å². The van der Waals surface area contributed by atoms with E-state index in [-0.39, 0.29) is 23.8 Å². The first kappa shape index (κ1) is 18.9. The van der Waals surface area contributed by atoms with E-state index in [1.54, 1.807) is 30.5 Å². The molecule has 1 aromatic carbocycles. The fourth-order valence-corrected chi connectivity index (χ4v) is 2.63. The van der Waals surface area contributed by atoms with Gasteiger partial charge in [-0.15, -0.1) is 0 Å². The maximum atomic E-state index is 12.6. The van der Waals surface area contributed by atoms with Crippen molar-refractivity contribution in [3.63, 3.8) is 0 Å². The molecular formula is C19H22ClN3O2. The van der Waals surface area contributed by atoms with Gasteiger partial charge in [0, 0.05) is 6.20 Å². The van der Waals surface area contributed by atoms with Crippen LogP contribution in [0.2, 0.25) is 5.02 Å². The average molecular weight is 360 g/mol. The van der Waals surface area contributed by atoms with Gasteiger partial charge in [0.25, 0.3) is 5.91 Å². The van der Waals surface area contributed by atoms with Crippen molar-refractivity contribution < 1.29 is 9.59 Å². The molecule has 0 bridgehead atoms. The largest absolute Gasteiger partial charge is 0.346 e. The van der Waals surface area contributed by atoms with E-state index in [0.29, 0.717) is 10.6 Å². The van der Waals surface area contributed by atoms with Crippen LogP contribution in [0.15, 0.2) is 48.7 Å². The molecule has 2 N–H and O–H groups in total. The lowest BCUT2D eigenvalue weighted by Gasteiger charge is -2.24. The van der Waals surface area contributed by atoms with E-state index in [2.05, 4.69) is 15.6 Å². The Morgan fingerprint density at radius 3 is 2.28 bits per heavy atom. The Hall–Kier alpha value is -2.40. The number of benzene rings is 1. The number of carbonyl (C=O) groups is 2. The molecular weight excluding hydrogens is 338 g/mol. The first-order valence-corrected chi connectivity index (χ1v) is 8.54. The second kappa shape index (κ2) is 8.62. The molecule has 0 fully saturated rings. The minimum atomic E-state index is -0.671. The first-order valence-electron chi connectivity index (χ1n) is 8.17. The molecule has 0 saturated carbocycles. The van der Waals surface area contributed by atoms with E-state index >= 15 is 0 Å². The van der Waals surface area contributed by atoms with Crippen LogP contribution >= 0.6 is 11.6 Å². The maximum absolute atomic E-state index is 12.6. The first-order chi connectivity index (χ1) is 11.9. The average Bonchev–Trinajstić information content (AvgIpc) is 2.60. The quantitative estimate of drug-likeness (QED) is 0.830. The summed E-state index contributed by atoms with van der Waals surface area (Å²) in [6, 6.07) is 11.4. The molecule has 132 valence electrons. The number of nitrogens with one attached hydrogen (secondary N) is 2. The van der Waals surface area contributed by atoms with Crippen LogP contribution in [0.1, 0.15) is 42.9 Å². The number of hydrogen-bond acceptors (Lipinski definition) is 3. The van der Waals surface area contributed by atoms with Crippen molar-refractivity contribution >= 4 is 23.4 Å². The summed E-state index contributed by atoms with van der Waals surface area (Å²) >= 11 is 6.06. The Bertz CT molecular complexity index is 734. The molecule has 2 atom stereocenters. The van der Waals surface area contributed by atoms with E-state index in [1.165, 1.54) is 0 Å². The highest BCUT2D eigenvalue weighted by Gasteiger charge is 2.26. The standard InChI is InChI=1S/C19H22ClN3O2/c1-12(2)17(23-18(24)14-8-4-5-9-15(14)20)19(25)22-13(3)16-10-6-7-11-21-16/h4-13,17H,1-3H3,(H,22,25)(H,23,24). The minimum Gasteiger partial charge on any atom is -0.346 e. The summed E-state index contributed by atoms with van der Waals surface area (Å²) in [7, 11) is 0. The molecule has 0 aliphatic heterocycles. The van der Waals surface area contributed by atoms with Gasteiger partial charge in [0.2, 0.25) is 5.91 Å². The normalized spacial score (nSPS) is 13.2. The molecule has 2 rings (SSSR count). The number of pyridine rings is 1. The Morgan fingerprint density at radius 2 is 1.68 bits per heavy atom. The van der Waals surface area contributed by atoms with Crippen molar-refractivity contribution in [2.75, 3.05) is 0 Å². The van der Waals surface area contributed by atoms with Crippen LogP contribution in [0.4, 0.5) is 0 Å². The zero-order valence-electron chi connectivity index (χ0n) is 14.5. The molecule has 0 radical (unpaired) electrons. The summed E-state index contributed by atoms with van der Waals surface area (Å²) in [6.45, 7) is 5.61. The van der Waals surface area contributed by atoms with Gasteiger partial charge in [0.15, 0.2) is 0 Å². The second-order valence-corrected chi connectivity index (χ2v) is 6.57. The molecule has 25 heavy (non-hydrogen) atoms. The van der Waals surface area contributed by atoms with Crippen molar-refractivity contribution in [1.29, 1.82) is 0 Å². The van der Waals surface area contributed by atoms with Crippen LogP contribution in [0.25, 0.3) is 0 Å². The summed E-state index contributed by atoms with van der Waals surface area (Å²) < 4.78 is 0. The lowest BCUT2D eigenvalue weighted by molar-refractivity contribution is -0.124. The van der Waals surface area contributed by atoms with Crippen molar-refractivity contribution in [2.45, 2.75) is 32.9 Å². The molecule has 0 aliphatic carbocycles. The van der Waals surface area contributed by atoms with Crippen LogP contribution in [-0.2, 0) is 4.79 Å². The second-order valence-electron chi connectivity index (χ2n) is 6.16. The summed E-state index contributed by atoms with van der Waals surface area (Å²) in [4.78, 5) is 29.3. The van der Waals surface area contributed by atoms with Crippen molar-refractivity contribution in [3.8, 4) is 0 Å². The van der Waals surface area contributed by atoms with Crippen LogP contribution in [0.3, 0.4) is 0 Å². The molecule has 2 unspecified atom stereocenters. The maximum Gasteiger partial charge on any atom is 0.253 e. The van der Waals surface area contributed by atoms with E-state index in [9.17, 15) is 9.59 Å².